The lowest BCUT2D eigenvalue weighted by Gasteiger charge is -2.06. The molecule has 0 saturated heterocycles. The van der Waals surface area contributed by atoms with Crippen LogP contribution < -0.4 is 0 Å². The maximum Gasteiger partial charge on any atom is 0.408 e. The number of alkyl halides is 3. The van der Waals surface area contributed by atoms with Crippen LogP contribution in [0.25, 0.3) is 0 Å². The molecule has 6 heteroatoms. The summed E-state index contributed by atoms with van der Waals surface area (Å²) < 4.78 is 36.8. The Balaban J connectivity index is 2.56. The fourth-order valence-electron chi connectivity index (χ4n) is 1.25. The maximum atomic E-state index is 12.0. The van der Waals surface area contributed by atoms with Crippen LogP contribution in [0, 0.1) is 5.92 Å². The summed E-state index contributed by atoms with van der Waals surface area (Å²) >= 11 is 0. The lowest BCUT2D eigenvalue weighted by atomic mass is 10.1. The van der Waals surface area contributed by atoms with Crippen LogP contribution in [-0.4, -0.2) is 27.7 Å². The first kappa shape index (κ1) is 12.0. The highest BCUT2D eigenvalue weighted by Crippen LogP contribution is 2.17. The van der Waals surface area contributed by atoms with Gasteiger partial charge < -0.3 is 5.11 Å². The van der Waals surface area contributed by atoms with E-state index in [4.69, 9.17) is 5.11 Å². The predicted molar refractivity (Wildman–Crippen MR) is 48.2 cm³/mol. The summed E-state index contributed by atoms with van der Waals surface area (Å²) in [5.41, 5.74) is 0.709. The molecule has 1 heterocycles. The van der Waals surface area contributed by atoms with Gasteiger partial charge in [-0.3, -0.25) is 4.68 Å². The largest absolute Gasteiger partial charge is 0.408 e. The zero-order valence-electron chi connectivity index (χ0n) is 8.33. The number of nitrogens with zero attached hydrogens (tertiary/aromatic N) is 2. The molecule has 0 aromatic carbocycles. The lowest BCUT2D eigenvalue weighted by Crippen LogP contribution is -2.17. The van der Waals surface area contributed by atoms with Crippen LogP contribution in [0.4, 0.5) is 13.2 Å². The van der Waals surface area contributed by atoms with Gasteiger partial charge in [0.1, 0.15) is 6.54 Å². The molecule has 1 aromatic heterocycles. The minimum atomic E-state index is -4.24. The first-order valence-corrected chi connectivity index (χ1v) is 4.59. The summed E-state index contributed by atoms with van der Waals surface area (Å²) in [7, 11) is 0. The molecule has 0 radical (unpaired) electrons. The smallest absolute Gasteiger partial charge is 0.396 e. The number of hydrogen-bond donors (Lipinski definition) is 1. The molecule has 0 spiro atoms. The van der Waals surface area contributed by atoms with Crippen molar-refractivity contribution >= 4 is 0 Å². The van der Waals surface area contributed by atoms with Gasteiger partial charge in [-0.1, -0.05) is 6.92 Å². The molecular weight excluding hydrogens is 209 g/mol. The molecule has 1 rings (SSSR count). The van der Waals surface area contributed by atoms with Crippen molar-refractivity contribution in [2.24, 2.45) is 5.92 Å². The Labute approximate surface area is 85.5 Å². The average molecular weight is 222 g/mol. The highest BCUT2D eigenvalue weighted by molar-refractivity contribution is 5.04. The standard InChI is InChI=1S/C9H13F3N2O/c1-7(5-15)2-8-3-13-14(4-8)6-9(10,11)12/h3-4,7,15H,2,5-6H2,1H3. The quantitative estimate of drug-likeness (QED) is 0.840. The number of hydrogen-bond acceptors (Lipinski definition) is 2. The molecule has 86 valence electrons. The van der Waals surface area contributed by atoms with Crippen LogP contribution in [-0.2, 0) is 13.0 Å². The minimum absolute atomic E-state index is 0.0183. The zero-order valence-corrected chi connectivity index (χ0v) is 8.33. The van der Waals surface area contributed by atoms with Gasteiger partial charge in [-0.15, -0.1) is 0 Å². The monoisotopic (exact) mass is 222 g/mol. The Morgan fingerprint density at radius 3 is 2.73 bits per heavy atom. The molecule has 0 aliphatic carbocycles. The van der Waals surface area contributed by atoms with Gasteiger partial charge in [0.05, 0.1) is 6.20 Å². The molecule has 0 aliphatic heterocycles. The van der Waals surface area contributed by atoms with Crippen molar-refractivity contribution in [2.75, 3.05) is 6.61 Å². The Hall–Kier alpha value is -1.04. The lowest BCUT2D eigenvalue weighted by molar-refractivity contribution is -0.142. The number of aliphatic hydroxyl groups excluding tert-OH is 1. The van der Waals surface area contributed by atoms with E-state index in [1.54, 1.807) is 0 Å². The molecule has 0 amide bonds. The van der Waals surface area contributed by atoms with Crippen LogP contribution in [0.2, 0.25) is 0 Å². The molecule has 0 bridgehead atoms. The number of aromatic nitrogens is 2. The van der Waals surface area contributed by atoms with Gasteiger partial charge in [0.25, 0.3) is 0 Å². The fourth-order valence-corrected chi connectivity index (χ4v) is 1.25. The highest BCUT2D eigenvalue weighted by Gasteiger charge is 2.28. The highest BCUT2D eigenvalue weighted by atomic mass is 19.4. The van der Waals surface area contributed by atoms with E-state index in [0.29, 0.717) is 12.0 Å². The number of rotatable bonds is 4. The average Bonchev–Trinajstić information content (AvgIpc) is 2.49. The Bertz CT molecular complexity index is 309. The SMILES string of the molecule is CC(CO)Cc1cnn(CC(F)(F)F)c1. The Morgan fingerprint density at radius 2 is 2.20 bits per heavy atom. The van der Waals surface area contributed by atoms with E-state index in [0.717, 1.165) is 4.68 Å². The van der Waals surface area contributed by atoms with Crippen molar-refractivity contribution in [2.45, 2.75) is 26.1 Å². The minimum Gasteiger partial charge on any atom is -0.396 e. The molecule has 15 heavy (non-hydrogen) atoms. The molecule has 0 saturated carbocycles. The van der Waals surface area contributed by atoms with Crippen LogP contribution in [0.3, 0.4) is 0 Å². The van der Waals surface area contributed by atoms with Gasteiger partial charge in [-0.25, -0.2) is 0 Å². The van der Waals surface area contributed by atoms with Crippen molar-refractivity contribution < 1.29 is 18.3 Å². The van der Waals surface area contributed by atoms with Crippen molar-refractivity contribution in [3.63, 3.8) is 0 Å². The van der Waals surface area contributed by atoms with Gasteiger partial charge in [0, 0.05) is 12.8 Å². The number of aliphatic hydroxyl groups is 1. The van der Waals surface area contributed by atoms with E-state index < -0.39 is 12.7 Å². The summed E-state index contributed by atoms with van der Waals surface area (Å²) in [6.07, 6.45) is -0.947. The molecule has 1 unspecified atom stereocenters. The number of halogens is 3. The molecule has 1 atom stereocenters. The summed E-state index contributed by atoms with van der Waals surface area (Å²) in [6, 6.07) is 0. The molecular formula is C9H13F3N2O. The summed E-state index contributed by atoms with van der Waals surface area (Å²) in [5, 5.41) is 12.4. The van der Waals surface area contributed by atoms with Crippen molar-refractivity contribution in [1.29, 1.82) is 0 Å². The molecule has 3 nitrogen and oxygen atoms in total. The molecule has 1 aromatic rings. The predicted octanol–water partition coefficient (Wildman–Crippen LogP) is 1.62. The maximum absolute atomic E-state index is 12.0. The second-order valence-corrected chi connectivity index (χ2v) is 3.65. The van der Waals surface area contributed by atoms with Gasteiger partial charge in [-0.2, -0.15) is 18.3 Å². The van der Waals surface area contributed by atoms with Crippen molar-refractivity contribution in [3.05, 3.63) is 18.0 Å². The van der Waals surface area contributed by atoms with E-state index in [2.05, 4.69) is 5.10 Å². The van der Waals surface area contributed by atoms with E-state index in [-0.39, 0.29) is 12.5 Å². The zero-order chi connectivity index (χ0) is 11.5. The first-order chi connectivity index (χ1) is 6.90. The fraction of sp³-hybridized carbons (Fsp3) is 0.667. The third-order valence-electron chi connectivity index (χ3n) is 1.92. The molecule has 0 aliphatic rings. The van der Waals surface area contributed by atoms with E-state index in [1.807, 2.05) is 6.92 Å². The second-order valence-electron chi connectivity index (χ2n) is 3.65. The van der Waals surface area contributed by atoms with Gasteiger partial charge in [0.2, 0.25) is 0 Å². The topological polar surface area (TPSA) is 38.1 Å². The first-order valence-electron chi connectivity index (χ1n) is 4.59. The molecule has 1 N–H and O–H groups in total. The Morgan fingerprint density at radius 1 is 1.53 bits per heavy atom. The summed E-state index contributed by atoms with van der Waals surface area (Å²) in [6.45, 7) is 0.770. The third-order valence-corrected chi connectivity index (χ3v) is 1.92. The van der Waals surface area contributed by atoms with E-state index in [1.165, 1.54) is 12.4 Å². The van der Waals surface area contributed by atoms with Crippen molar-refractivity contribution in [3.8, 4) is 0 Å². The normalized spacial score (nSPS) is 14.2. The van der Waals surface area contributed by atoms with Crippen LogP contribution >= 0.6 is 0 Å². The van der Waals surface area contributed by atoms with Crippen LogP contribution in [0.5, 0.6) is 0 Å². The Kier molecular flexibility index (Phi) is 3.73. The summed E-state index contributed by atoms with van der Waals surface area (Å²) in [4.78, 5) is 0. The summed E-state index contributed by atoms with van der Waals surface area (Å²) in [5.74, 6) is 0.0357. The van der Waals surface area contributed by atoms with Crippen LogP contribution in [0.15, 0.2) is 12.4 Å². The van der Waals surface area contributed by atoms with Gasteiger partial charge >= 0.3 is 6.18 Å². The van der Waals surface area contributed by atoms with E-state index >= 15 is 0 Å². The van der Waals surface area contributed by atoms with Crippen molar-refractivity contribution in [1.82, 2.24) is 9.78 Å². The van der Waals surface area contributed by atoms with E-state index in [9.17, 15) is 13.2 Å². The van der Waals surface area contributed by atoms with Gasteiger partial charge in [-0.05, 0) is 17.9 Å². The third kappa shape index (κ3) is 4.33. The van der Waals surface area contributed by atoms with Gasteiger partial charge in [0.15, 0.2) is 0 Å². The second kappa shape index (κ2) is 4.65. The molecule has 0 fully saturated rings. The van der Waals surface area contributed by atoms with Crippen LogP contribution in [0.1, 0.15) is 12.5 Å².